The van der Waals surface area contributed by atoms with Crippen LogP contribution in [0.4, 0.5) is 5.69 Å². The second-order valence-electron chi connectivity index (χ2n) is 11.5. The highest BCUT2D eigenvalue weighted by Crippen LogP contribution is 2.38. The molecule has 1 heterocycles. The Hall–Kier alpha value is -3.58. The lowest BCUT2D eigenvalue weighted by Gasteiger charge is -2.34. The molecule has 1 aromatic heterocycles. The summed E-state index contributed by atoms with van der Waals surface area (Å²) < 4.78 is 7.53. The van der Waals surface area contributed by atoms with Crippen molar-refractivity contribution in [2.45, 2.75) is 82.5 Å². The third-order valence-electron chi connectivity index (χ3n) is 8.45. The largest absolute Gasteiger partial charge is 0.461 e. The number of para-hydroxylation sites is 3. The third-order valence-corrected chi connectivity index (χ3v) is 9.51. The number of benzene rings is 3. The lowest BCUT2D eigenvalue weighted by molar-refractivity contribution is -0.149. The number of esters is 1. The van der Waals surface area contributed by atoms with Gasteiger partial charge < -0.3 is 14.2 Å². The van der Waals surface area contributed by atoms with Crippen LogP contribution in [0.5, 0.6) is 0 Å². The predicted molar refractivity (Wildman–Crippen MR) is 175 cm³/mol. The highest BCUT2D eigenvalue weighted by molar-refractivity contribution is 7.99. The van der Waals surface area contributed by atoms with Crippen LogP contribution in [-0.2, 0) is 20.9 Å². The molecule has 0 saturated heterocycles. The Bertz CT molecular complexity index is 1470. The average molecular weight is 598 g/mol. The molecular formula is C36H43N3O3S. The van der Waals surface area contributed by atoms with Gasteiger partial charge in [-0.2, -0.15) is 0 Å². The first-order valence-electron chi connectivity index (χ1n) is 15.7. The van der Waals surface area contributed by atoms with E-state index < -0.39 is 0 Å². The van der Waals surface area contributed by atoms with Gasteiger partial charge >= 0.3 is 5.97 Å². The van der Waals surface area contributed by atoms with Crippen LogP contribution in [0.15, 0.2) is 90.1 Å². The maximum atomic E-state index is 14.5. The smallest absolute Gasteiger partial charge is 0.326 e. The molecule has 0 N–H and O–H groups in total. The first kappa shape index (κ1) is 30.9. The van der Waals surface area contributed by atoms with E-state index in [0.29, 0.717) is 12.5 Å². The zero-order chi connectivity index (χ0) is 30.0. The minimum Gasteiger partial charge on any atom is -0.461 e. The Morgan fingerprint density at radius 3 is 2.35 bits per heavy atom. The van der Waals surface area contributed by atoms with Crippen molar-refractivity contribution in [3.63, 3.8) is 0 Å². The summed E-state index contributed by atoms with van der Waals surface area (Å²) >= 11 is 1.63. The lowest BCUT2D eigenvalue weighted by atomic mass is 9.76. The molecule has 5 rings (SSSR count). The lowest BCUT2D eigenvalue weighted by Crippen LogP contribution is -2.39. The van der Waals surface area contributed by atoms with E-state index in [9.17, 15) is 9.59 Å². The van der Waals surface area contributed by atoms with Gasteiger partial charge in [0.25, 0.3) is 0 Å². The monoisotopic (exact) mass is 597 g/mol. The predicted octanol–water partition coefficient (Wildman–Crippen LogP) is 8.26. The summed E-state index contributed by atoms with van der Waals surface area (Å²) in [7, 11) is 0. The minimum atomic E-state index is -0.255. The number of anilines is 1. The molecule has 1 amide bonds. The molecular weight excluding hydrogens is 554 g/mol. The van der Waals surface area contributed by atoms with Crippen LogP contribution in [0.1, 0.15) is 70.3 Å². The van der Waals surface area contributed by atoms with Gasteiger partial charge in [0, 0.05) is 18.0 Å². The van der Waals surface area contributed by atoms with Crippen LogP contribution in [0.25, 0.3) is 11.0 Å². The van der Waals surface area contributed by atoms with E-state index in [1.165, 1.54) is 19.3 Å². The molecule has 1 saturated carbocycles. The normalized spacial score (nSPS) is 15.2. The number of ether oxygens (including phenoxy) is 1. The average Bonchev–Trinajstić information content (AvgIpc) is 3.39. The highest BCUT2D eigenvalue weighted by Gasteiger charge is 2.34. The summed E-state index contributed by atoms with van der Waals surface area (Å²) in [6.07, 6.45) is 7.28. The molecule has 0 bridgehead atoms. The molecule has 7 heteroatoms. The number of amides is 1. The van der Waals surface area contributed by atoms with E-state index in [1.54, 1.807) is 11.8 Å². The van der Waals surface area contributed by atoms with Gasteiger partial charge in [-0.05, 0) is 68.4 Å². The van der Waals surface area contributed by atoms with Gasteiger partial charge in [0.2, 0.25) is 5.91 Å². The first-order valence-corrected chi connectivity index (χ1v) is 16.7. The zero-order valence-corrected chi connectivity index (χ0v) is 26.2. The van der Waals surface area contributed by atoms with Crippen molar-refractivity contribution in [3.8, 4) is 0 Å². The second kappa shape index (κ2) is 15.2. The maximum Gasteiger partial charge on any atom is 0.326 e. The number of carbonyl (C=O) groups excluding carboxylic acids is 2. The van der Waals surface area contributed by atoms with Gasteiger partial charge in [-0.3, -0.25) is 9.59 Å². The van der Waals surface area contributed by atoms with Gasteiger partial charge in [-0.25, -0.2) is 4.98 Å². The summed E-state index contributed by atoms with van der Waals surface area (Å²) in [6, 6.07) is 28.3. The molecule has 3 aromatic carbocycles. The number of hydrogen-bond acceptors (Lipinski definition) is 5. The molecule has 226 valence electrons. The molecule has 1 fully saturated rings. The SMILES string of the molecule is CCC(C)OC(=O)Cn1c(SCCCN(C(=O)C(c2ccccc2)C2CCCCC2)c2ccccc2)nc2ccccc21. The third kappa shape index (κ3) is 7.88. The van der Waals surface area contributed by atoms with Crippen LogP contribution >= 0.6 is 11.8 Å². The quantitative estimate of drug-likeness (QED) is 0.0882. The van der Waals surface area contributed by atoms with Crippen molar-refractivity contribution in [3.05, 3.63) is 90.5 Å². The van der Waals surface area contributed by atoms with E-state index in [0.717, 1.165) is 58.9 Å². The Kier molecular flexibility index (Phi) is 10.9. The highest BCUT2D eigenvalue weighted by atomic mass is 32.2. The molecule has 1 aliphatic rings. The number of imidazole rings is 1. The van der Waals surface area contributed by atoms with Crippen molar-refractivity contribution >= 4 is 40.4 Å². The summed E-state index contributed by atoms with van der Waals surface area (Å²) in [5.74, 6) is 0.915. The van der Waals surface area contributed by atoms with Crippen LogP contribution < -0.4 is 4.90 Å². The van der Waals surface area contributed by atoms with Crippen molar-refractivity contribution in [2.75, 3.05) is 17.2 Å². The summed E-state index contributed by atoms with van der Waals surface area (Å²) in [5, 5.41) is 0.796. The number of thioether (sulfide) groups is 1. The maximum absolute atomic E-state index is 14.5. The van der Waals surface area contributed by atoms with E-state index in [-0.39, 0.29) is 30.4 Å². The molecule has 2 atom stereocenters. The number of fused-ring (bicyclic) bond motifs is 1. The zero-order valence-electron chi connectivity index (χ0n) is 25.4. The van der Waals surface area contributed by atoms with Crippen LogP contribution in [0.2, 0.25) is 0 Å². The van der Waals surface area contributed by atoms with Crippen molar-refractivity contribution < 1.29 is 14.3 Å². The molecule has 6 nitrogen and oxygen atoms in total. The van der Waals surface area contributed by atoms with Crippen molar-refractivity contribution in [1.29, 1.82) is 0 Å². The molecule has 0 radical (unpaired) electrons. The molecule has 0 aliphatic heterocycles. The number of aromatic nitrogens is 2. The van der Waals surface area contributed by atoms with Gasteiger partial charge in [0.1, 0.15) is 6.54 Å². The molecule has 43 heavy (non-hydrogen) atoms. The number of nitrogens with zero attached hydrogens (tertiary/aromatic N) is 3. The summed E-state index contributed by atoms with van der Waals surface area (Å²) in [5.41, 5.74) is 3.84. The Balaban J connectivity index is 1.32. The summed E-state index contributed by atoms with van der Waals surface area (Å²) in [4.78, 5) is 34.0. The van der Waals surface area contributed by atoms with Crippen molar-refractivity contribution in [2.24, 2.45) is 5.92 Å². The molecule has 2 unspecified atom stereocenters. The molecule has 4 aromatic rings. The Labute approximate surface area is 259 Å². The fourth-order valence-corrected chi connectivity index (χ4v) is 7.00. The van der Waals surface area contributed by atoms with Crippen LogP contribution in [0.3, 0.4) is 0 Å². The first-order chi connectivity index (χ1) is 21.0. The van der Waals surface area contributed by atoms with E-state index in [2.05, 4.69) is 12.1 Å². The standard InChI is InChI=1S/C36H43N3O3S/c1-3-27(2)42-33(40)26-39-32-23-14-13-22-31(32)37-36(39)43-25-15-24-38(30-20-11-6-12-21-30)35(41)34(28-16-7-4-8-17-28)29-18-9-5-10-19-29/h4,6-8,11-14,16-17,20-23,27,29,34H,3,5,9-10,15,18-19,24-26H2,1-2H3. The molecule has 1 aliphatic carbocycles. The fourth-order valence-electron chi connectivity index (χ4n) is 6.06. The van der Waals surface area contributed by atoms with E-state index >= 15 is 0 Å². The van der Waals surface area contributed by atoms with E-state index in [4.69, 9.17) is 9.72 Å². The van der Waals surface area contributed by atoms with E-state index in [1.807, 2.05) is 96.1 Å². The minimum absolute atomic E-state index is 0.117. The molecule has 0 spiro atoms. The van der Waals surface area contributed by atoms with Gasteiger partial charge in [-0.1, -0.05) is 98.6 Å². The second-order valence-corrected chi connectivity index (χ2v) is 12.6. The Morgan fingerprint density at radius 2 is 1.63 bits per heavy atom. The number of hydrogen-bond donors (Lipinski definition) is 0. The van der Waals surface area contributed by atoms with Crippen molar-refractivity contribution in [1.82, 2.24) is 9.55 Å². The van der Waals surface area contributed by atoms with Crippen LogP contribution in [-0.4, -0.2) is 39.8 Å². The fraction of sp³-hybridized carbons (Fsp3) is 0.417. The van der Waals surface area contributed by atoms with Gasteiger partial charge in [-0.15, -0.1) is 0 Å². The number of rotatable bonds is 13. The Morgan fingerprint density at radius 1 is 0.953 bits per heavy atom. The number of carbonyl (C=O) groups is 2. The summed E-state index contributed by atoms with van der Waals surface area (Å²) in [6.45, 7) is 4.66. The van der Waals surface area contributed by atoms with Gasteiger partial charge in [0.15, 0.2) is 5.16 Å². The van der Waals surface area contributed by atoms with Gasteiger partial charge in [0.05, 0.1) is 23.1 Å². The van der Waals surface area contributed by atoms with Crippen LogP contribution in [0, 0.1) is 5.92 Å². The topological polar surface area (TPSA) is 64.4 Å².